The molecule has 3 rings (SSSR count). The zero-order valence-electron chi connectivity index (χ0n) is 11.0. The Morgan fingerprint density at radius 2 is 1.86 bits per heavy atom. The number of benzene rings is 2. The van der Waals surface area contributed by atoms with Gasteiger partial charge in [0.25, 0.3) is 0 Å². The van der Waals surface area contributed by atoms with Crippen LogP contribution in [0.15, 0.2) is 40.9 Å². The molecule has 21 heavy (non-hydrogen) atoms. The fraction of sp³-hybridized carbons (Fsp3) is 0.133. The van der Waals surface area contributed by atoms with Gasteiger partial charge in [-0.3, -0.25) is 0 Å². The zero-order chi connectivity index (χ0) is 15.0. The van der Waals surface area contributed by atoms with E-state index in [2.05, 4.69) is 20.9 Å². The van der Waals surface area contributed by atoms with Gasteiger partial charge in [-0.25, -0.2) is 13.8 Å². The van der Waals surface area contributed by atoms with Gasteiger partial charge in [-0.05, 0) is 46.1 Å². The van der Waals surface area contributed by atoms with E-state index in [-0.39, 0.29) is 11.6 Å². The fourth-order valence-electron chi connectivity index (χ4n) is 2.27. The number of hydrogen-bond acceptors (Lipinski definition) is 2. The number of aryl methyl sites for hydroxylation is 2. The zero-order valence-corrected chi connectivity index (χ0v) is 12.6. The second-order valence-corrected chi connectivity index (χ2v) is 5.61. The van der Waals surface area contributed by atoms with Gasteiger partial charge in [-0.15, -0.1) is 0 Å². The van der Waals surface area contributed by atoms with Crippen LogP contribution in [0.1, 0.15) is 5.56 Å². The lowest BCUT2D eigenvalue weighted by Crippen LogP contribution is -2.05. The van der Waals surface area contributed by atoms with Crippen LogP contribution in [0.3, 0.4) is 0 Å². The van der Waals surface area contributed by atoms with Crippen molar-refractivity contribution >= 4 is 32.9 Å². The number of nitrogens with two attached hydrogens (primary N) is 1. The van der Waals surface area contributed by atoms with Gasteiger partial charge in [0.2, 0.25) is 5.95 Å². The molecule has 2 N–H and O–H groups in total. The minimum absolute atomic E-state index is 0.259. The van der Waals surface area contributed by atoms with E-state index in [1.54, 1.807) is 18.2 Å². The Kier molecular flexibility index (Phi) is 3.63. The fourth-order valence-corrected chi connectivity index (χ4v) is 2.60. The molecule has 0 spiro atoms. The highest BCUT2D eigenvalue weighted by atomic mass is 79.9. The summed E-state index contributed by atoms with van der Waals surface area (Å²) in [7, 11) is 0. The standard InChI is InChI=1S/C15H12BrF2N3/c16-11-7-14-13(8-12(11)18)20-15(19)21(14)6-5-9-1-3-10(17)4-2-9/h1-4,7-8H,5-6H2,(H2,19,20). The average Bonchev–Trinajstić information content (AvgIpc) is 2.74. The summed E-state index contributed by atoms with van der Waals surface area (Å²) in [5, 5.41) is 0. The second kappa shape index (κ2) is 5.44. The van der Waals surface area contributed by atoms with Crippen molar-refractivity contribution < 1.29 is 8.78 Å². The van der Waals surface area contributed by atoms with Crippen molar-refractivity contribution in [2.24, 2.45) is 0 Å². The number of aromatic nitrogens is 2. The molecule has 1 aromatic heterocycles. The summed E-state index contributed by atoms with van der Waals surface area (Å²) in [4.78, 5) is 4.16. The number of hydrogen-bond donors (Lipinski definition) is 1. The number of halogens is 3. The summed E-state index contributed by atoms with van der Waals surface area (Å²) in [6, 6.07) is 9.34. The van der Waals surface area contributed by atoms with E-state index in [0.717, 1.165) is 11.1 Å². The van der Waals surface area contributed by atoms with Crippen molar-refractivity contribution in [1.29, 1.82) is 0 Å². The van der Waals surface area contributed by atoms with Gasteiger partial charge < -0.3 is 10.3 Å². The third-order valence-corrected chi connectivity index (χ3v) is 3.96. The van der Waals surface area contributed by atoms with Gasteiger partial charge in [-0.1, -0.05) is 12.1 Å². The van der Waals surface area contributed by atoms with Gasteiger partial charge in [0.05, 0.1) is 15.5 Å². The molecular weight excluding hydrogens is 340 g/mol. The van der Waals surface area contributed by atoms with E-state index in [1.165, 1.54) is 18.2 Å². The largest absolute Gasteiger partial charge is 0.369 e. The number of fused-ring (bicyclic) bond motifs is 1. The Morgan fingerprint density at radius 3 is 2.57 bits per heavy atom. The minimum atomic E-state index is -0.370. The lowest BCUT2D eigenvalue weighted by Gasteiger charge is -2.07. The maximum Gasteiger partial charge on any atom is 0.201 e. The van der Waals surface area contributed by atoms with Crippen molar-refractivity contribution in [3.05, 3.63) is 58.1 Å². The first-order chi connectivity index (χ1) is 10.0. The van der Waals surface area contributed by atoms with E-state index in [1.807, 2.05) is 4.57 Å². The molecule has 0 aliphatic heterocycles. The Morgan fingerprint density at radius 1 is 1.14 bits per heavy atom. The van der Waals surface area contributed by atoms with Crippen molar-refractivity contribution in [1.82, 2.24) is 9.55 Å². The van der Waals surface area contributed by atoms with E-state index in [0.29, 0.717) is 28.9 Å². The monoisotopic (exact) mass is 351 g/mol. The van der Waals surface area contributed by atoms with Crippen LogP contribution in [0.2, 0.25) is 0 Å². The molecule has 6 heteroatoms. The molecule has 0 unspecified atom stereocenters. The molecule has 0 radical (unpaired) electrons. The lowest BCUT2D eigenvalue weighted by molar-refractivity contribution is 0.622. The molecule has 108 valence electrons. The summed E-state index contributed by atoms with van der Waals surface area (Å²) in [5.41, 5.74) is 8.18. The number of nitrogen functional groups attached to an aromatic ring is 1. The first kappa shape index (κ1) is 14.0. The maximum atomic E-state index is 13.5. The van der Waals surface area contributed by atoms with Crippen molar-refractivity contribution in [2.75, 3.05) is 5.73 Å². The summed E-state index contributed by atoms with van der Waals surface area (Å²) < 4.78 is 28.6. The number of nitrogens with zero attached hydrogens (tertiary/aromatic N) is 2. The van der Waals surface area contributed by atoms with Gasteiger partial charge >= 0.3 is 0 Å². The molecule has 2 aromatic carbocycles. The second-order valence-electron chi connectivity index (χ2n) is 4.75. The molecule has 0 saturated heterocycles. The molecule has 0 aliphatic rings. The predicted molar refractivity (Wildman–Crippen MR) is 81.9 cm³/mol. The van der Waals surface area contributed by atoms with Crippen LogP contribution in [-0.2, 0) is 13.0 Å². The first-order valence-corrected chi connectivity index (χ1v) is 7.19. The smallest absolute Gasteiger partial charge is 0.201 e. The summed E-state index contributed by atoms with van der Waals surface area (Å²) >= 11 is 3.17. The third-order valence-electron chi connectivity index (χ3n) is 3.36. The van der Waals surface area contributed by atoms with Crippen LogP contribution >= 0.6 is 15.9 Å². The predicted octanol–water partition coefficient (Wildman–Crippen LogP) is 3.90. The van der Waals surface area contributed by atoms with Gasteiger partial charge in [0, 0.05) is 12.6 Å². The lowest BCUT2D eigenvalue weighted by atomic mass is 10.1. The Hall–Kier alpha value is -1.95. The van der Waals surface area contributed by atoms with Crippen molar-refractivity contribution in [3.8, 4) is 0 Å². The number of rotatable bonds is 3. The summed E-state index contributed by atoms with van der Waals surface area (Å²) in [6.45, 7) is 0.589. The van der Waals surface area contributed by atoms with Gasteiger partial charge in [-0.2, -0.15) is 0 Å². The highest BCUT2D eigenvalue weighted by molar-refractivity contribution is 9.10. The van der Waals surface area contributed by atoms with Crippen molar-refractivity contribution in [3.63, 3.8) is 0 Å². The quantitative estimate of drug-likeness (QED) is 0.777. The van der Waals surface area contributed by atoms with Gasteiger partial charge in [0.15, 0.2) is 0 Å². The van der Waals surface area contributed by atoms with E-state index in [4.69, 9.17) is 5.73 Å². The van der Waals surface area contributed by atoms with E-state index in [9.17, 15) is 8.78 Å². The van der Waals surface area contributed by atoms with Crippen LogP contribution in [0.5, 0.6) is 0 Å². The number of anilines is 1. The molecule has 0 bridgehead atoms. The third kappa shape index (κ3) is 2.76. The summed E-state index contributed by atoms with van der Waals surface area (Å²) in [6.07, 6.45) is 0.685. The number of imidazole rings is 1. The molecule has 3 aromatic rings. The topological polar surface area (TPSA) is 43.8 Å². The van der Waals surface area contributed by atoms with Crippen LogP contribution in [0.4, 0.5) is 14.7 Å². The SMILES string of the molecule is Nc1nc2cc(F)c(Br)cc2n1CCc1ccc(F)cc1. The highest BCUT2D eigenvalue weighted by Gasteiger charge is 2.11. The van der Waals surface area contributed by atoms with E-state index >= 15 is 0 Å². The molecule has 0 atom stereocenters. The van der Waals surface area contributed by atoms with Gasteiger partial charge in [0.1, 0.15) is 11.6 Å². The maximum absolute atomic E-state index is 13.5. The van der Waals surface area contributed by atoms with Crippen LogP contribution in [0, 0.1) is 11.6 Å². The normalized spacial score (nSPS) is 11.2. The Balaban J connectivity index is 1.91. The van der Waals surface area contributed by atoms with Crippen LogP contribution in [0.25, 0.3) is 11.0 Å². The molecule has 0 amide bonds. The van der Waals surface area contributed by atoms with Crippen LogP contribution in [-0.4, -0.2) is 9.55 Å². The molecule has 3 nitrogen and oxygen atoms in total. The first-order valence-electron chi connectivity index (χ1n) is 6.40. The molecule has 0 fully saturated rings. The Bertz CT molecular complexity index is 797. The molecular formula is C15H12BrF2N3. The summed E-state index contributed by atoms with van der Waals surface area (Å²) in [5.74, 6) is -0.291. The van der Waals surface area contributed by atoms with Crippen molar-refractivity contribution in [2.45, 2.75) is 13.0 Å². The molecule has 1 heterocycles. The minimum Gasteiger partial charge on any atom is -0.369 e. The Labute approximate surface area is 128 Å². The van der Waals surface area contributed by atoms with E-state index < -0.39 is 0 Å². The molecule has 0 aliphatic carbocycles. The highest BCUT2D eigenvalue weighted by Crippen LogP contribution is 2.25. The average molecular weight is 352 g/mol. The van der Waals surface area contributed by atoms with Crippen LogP contribution < -0.4 is 5.73 Å². The molecule has 0 saturated carbocycles.